The fourth-order valence-corrected chi connectivity index (χ4v) is 5.68. The third kappa shape index (κ3) is 8.58. The number of unbranched alkanes of at least 4 members (excludes halogenated alkanes) is 2. The van der Waals surface area contributed by atoms with E-state index in [4.69, 9.17) is 23.4 Å². The van der Waals surface area contributed by atoms with Crippen molar-refractivity contribution in [2.75, 3.05) is 30.3 Å². The van der Waals surface area contributed by atoms with Gasteiger partial charge in [0.2, 0.25) is 0 Å². The molecule has 3 aromatic carbocycles. The number of ether oxygens (including phenoxy) is 2. The molecule has 0 amide bonds. The zero-order valence-corrected chi connectivity index (χ0v) is 25.9. The van der Waals surface area contributed by atoms with Crippen LogP contribution in [-0.2, 0) is 26.3 Å². The van der Waals surface area contributed by atoms with E-state index in [9.17, 15) is 18.0 Å². The topological polar surface area (TPSA) is 136 Å². The molecule has 11 heteroatoms. The van der Waals surface area contributed by atoms with Crippen molar-refractivity contribution < 1.29 is 31.7 Å². The summed E-state index contributed by atoms with van der Waals surface area (Å²) in [5, 5.41) is 1.14. The summed E-state index contributed by atoms with van der Waals surface area (Å²) in [6, 6.07) is 21.9. The molecule has 0 saturated heterocycles. The van der Waals surface area contributed by atoms with Crippen molar-refractivity contribution >= 4 is 43.6 Å². The number of rotatable bonds is 15. The van der Waals surface area contributed by atoms with Gasteiger partial charge in [0.25, 0.3) is 10.1 Å². The minimum absolute atomic E-state index is 0.190. The van der Waals surface area contributed by atoms with E-state index >= 15 is 0 Å². The molecule has 5 rings (SSSR count). The Kier molecular flexibility index (Phi) is 10.3. The number of fused-ring (bicyclic) bond motifs is 4. The summed E-state index contributed by atoms with van der Waals surface area (Å²) < 4.78 is 48.7. The van der Waals surface area contributed by atoms with Crippen molar-refractivity contribution in [1.82, 2.24) is 4.98 Å². The first-order valence-corrected chi connectivity index (χ1v) is 16.6. The average Bonchev–Trinajstić information content (AvgIpc) is 3.03. The normalized spacial score (nSPS) is 11.7. The number of carbonyl (C=O) groups excluding carboxylic acids is 1. The number of esters is 1. The van der Waals surface area contributed by atoms with Gasteiger partial charge in [0, 0.05) is 48.1 Å². The Hall–Kier alpha value is -4.48. The van der Waals surface area contributed by atoms with Crippen LogP contribution < -0.4 is 15.1 Å². The molecule has 0 unspecified atom stereocenters. The van der Waals surface area contributed by atoms with Gasteiger partial charge in [-0.25, -0.2) is 4.98 Å². The summed E-state index contributed by atoms with van der Waals surface area (Å²) >= 11 is 0. The highest BCUT2D eigenvalue weighted by Gasteiger charge is 2.18. The molecule has 236 valence electrons. The van der Waals surface area contributed by atoms with Crippen LogP contribution in [0.2, 0.25) is 0 Å². The Labute approximate surface area is 261 Å². The molecule has 1 heterocycles. The van der Waals surface area contributed by atoms with E-state index < -0.39 is 10.1 Å². The van der Waals surface area contributed by atoms with E-state index in [0.717, 1.165) is 24.1 Å². The smallest absolute Gasteiger partial charge is 0.306 e. The highest BCUT2D eigenvalue weighted by molar-refractivity contribution is 7.85. The first kappa shape index (κ1) is 31.9. The third-order valence-electron chi connectivity index (χ3n) is 7.52. The number of nitrogens with zero attached hydrogens (tertiary/aromatic N) is 2. The first-order chi connectivity index (χ1) is 21.7. The van der Waals surface area contributed by atoms with Crippen molar-refractivity contribution in [2.24, 2.45) is 0 Å². The molecule has 0 bridgehead atoms. The minimum Gasteiger partial charge on any atom is -0.494 e. The number of aromatic nitrogens is 1. The van der Waals surface area contributed by atoms with Gasteiger partial charge >= 0.3 is 5.97 Å². The summed E-state index contributed by atoms with van der Waals surface area (Å²) in [5.41, 5.74) is 3.23. The molecule has 0 radical (unpaired) electrons. The first-order valence-electron chi connectivity index (χ1n) is 15.0. The zero-order chi connectivity index (χ0) is 31.8. The fourth-order valence-electron chi connectivity index (χ4n) is 5.18. The summed E-state index contributed by atoms with van der Waals surface area (Å²) in [5.74, 6) is 0.431. The van der Waals surface area contributed by atoms with E-state index in [1.54, 1.807) is 18.2 Å². The van der Waals surface area contributed by atoms with Gasteiger partial charge in [-0.2, -0.15) is 8.42 Å². The Morgan fingerprint density at radius 3 is 2.56 bits per heavy atom. The zero-order valence-electron chi connectivity index (χ0n) is 25.1. The number of carbonyl (C=O) groups is 1. The molecular weight excluding hydrogens is 596 g/mol. The van der Waals surface area contributed by atoms with Gasteiger partial charge in [0.05, 0.1) is 12.4 Å². The van der Waals surface area contributed by atoms with Crippen LogP contribution in [0.4, 0.5) is 5.69 Å². The standard InChI is InChI=1S/C34H36N2O8S/c1-2-36(17-9-19-45(39,40)41)25-13-16-29-31(20-25)44-32-22-30(37)27-15-14-26(21-28(27)34(32)35-29)42-18-8-4-7-12-33(38)43-23-24-10-5-3-6-11-24/h3,5-6,10-11,13-16,20-22H,2,4,7-9,12,17-19,23H2,1H3,(H,39,40,41). The van der Waals surface area contributed by atoms with Gasteiger partial charge < -0.3 is 18.8 Å². The average molecular weight is 633 g/mol. The van der Waals surface area contributed by atoms with Gasteiger partial charge in [-0.1, -0.05) is 30.3 Å². The fraction of sp³-hybridized carbons (Fsp3) is 0.324. The second kappa shape index (κ2) is 14.5. The van der Waals surface area contributed by atoms with E-state index in [2.05, 4.69) is 0 Å². The highest BCUT2D eigenvalue weighted by atomic mass is 32.2. The van der Waals surface area contributed by atoms with E-state index in [1.807, 2.05) is 60.4 Å². The van der Waals surface area contributed by atoms with Crippen molar-refractivity contribution in [1.29, 1.82) is 0 Å². The summed E-state index contributed by atoms with van der Waals surface area (Å²) in [4.78, 5) is 31.7. The van der Waals surface area contributed by atoms with Crippen molar-refractivity contribution in [3.63, 3.8) is 0 Å². The molecule has 0 saturated carbocycles. The lowest BCUT2D eigenvalue weighted by Gasteiger charge is -2.23. The largest absolute Gasteiger partial charge is 0.494 e. The Morgan fingerprint density at radius 1 is 0.956 bits per heavy atom. The molecule has 1 aliphatic heterocycles. The van der Waals surface area contributed by atoms with Crippen molar-refractivity contribution in [3.05, 3.63) is 88.6 Å². The lowest BCUT2D eigenvalue weighted by molar-refractivity contribution is -0.145. The maximum atomic E-state index is 12.9. The Balaban J connectivity index is 1.22. The summed E-state index contributed by atoms with van der Waals surface area (Å²) in [7, 11) is -4.03. The molecule has 0 aromatic heterocycles. The van der Waals surface area contributed by atoms with Crippen LogP contribution in [0.5, 0.6) is 5.75 Å². The predicted octanol–water partition coefficient (Wildman–Crippen LogP) is 6.23. The van der Waals surface area contributed by atoms with Crippen molar-refractivity contribution in [2.45, 2.75) is 45.6 Å². The summed E-state index contributed by atoms with van der Waals surface area (Å²) in [6.07, 6.45) is 2.91. The minimum atomic E-state index is -4.03. The molecule has 45 heavy (non-hydrogen) atoms. The van der Waals surface area contributed by atoms with Gasteiger partial charge in [-0.15, -0.1) is 0 Å². The molecule has 2 aliphatic rings. The van der Waals surface area contributed by atoms with Gasteiger partial charge in [-0.3, -0.25) is 14.1 Å². The van der Waals surface area contributed by atoms with E-state index in [0.29, 0.717) is 71.6 Å². The van der Waals surface area contributed by atoms with Crippen LogP contribution in [0, 0.1) is 0 Å². The maximum absolute atomic E-state index is 12.9. The molecule has 10 nitrogen and oxygen atoms in total. The Morgan fingerprint density at radius 2 is 1.78 bits per heavy atom. The second-order valence-corrected chi connectivity index (χ2v) is 12.4. The summed E-state index contributed by atoms with van der Waals surface area (Å²) in [6.45, 7) is 3.75. The molecular formula is C34H36N2O8S. The monoisotopic (exact) mass is 632 g/mol. The quantitative estimate of drug-likeness (QED) is 0.0465. The molecule has 1 N–H and O–H groups in total. The highest BCUT2D eigenvalue weighted by Crippen LogP contribution is 2.33. The lowest BCUT2D eigenvalue weighted by Crippen LogP contribution is -2.25. The Bertz CT molecular complexity index is 1910. The molecule has 3 aromatic rings. The van der Waals surface area contributed by atoms with Gasteiger partial charge in [0.1, 0.15) is 23.6 Å². The number of hydrogen-bond acceptors (Lipinski definition) is 9. The van der Waals surface area contributed by atoms with Crippen molar-refractivity contribution in [3.8, 4) is 17.2 Å². The van der Waals surface area contributed by atoms with Crippen LogP contribution in [-0.4, -0.2) is 49.4 Å². The number of hydrogen-bond donors (Lipinski definition) is 1. The molecule has 0 atom stereocenters. The predicted molar refractivity (Wildman–Crippen MR) is 174 cm³/mol. The second-order valence-electron chi connectivity index (χ2n) is 10.8. The van der Waals surface area contributed by atoms with Gasteiger partial charge in [-0.05, 0) is 68.5 Å². The lowest BCUT2D eigenvalue weighted by atomic mass is 10.0. The third-order valence-corrected chi connectivity index (χ3v) is 8.32. The van der Waals surface area contributed by atoms with Crippen LogP contribution in [0.25, 0.3) is 33.3 Å². The number of benzene rings is 4. The molecule has 1 aliphatic carbocycles. The SMILES string of the molecule is CCN(CCCS(=O)(=O)O)c1ccc2nc3c4cc(OCCCCCC(=O)OCc5ccccc5)ccc4c(=O)cc-3oc2c1. The molecule has 0 fully saturated rings. The van der Waals surface area contributed by atoms with E-state index in [-0.39, 0.29) is 30.2 Å². The number of anilines is 1. The molecule has 0 spiro atoms. The maximum Gasteiger partial charge on any atom is 0.306 e. The van der Waals surface area contributed by atoms with E-state index in [1.165, 1.54) is 6.07 Å². The van der Waals surface area contributed by atoms with Crippen LogP contribution >= 0.6 is 0 Å². The van der Waals surface area contributed by atoms with Gasteiger partial charge in [0.15, 0.2) is 16.8 Å². The van der Waals surface area contributed by atoms with Crippen LogP contribution in [0.1, 0.15) is 44.6 Å². The van der Waals surface area contributed by atoms with Crippen LogP contribution in [0.15, 0.2) is 82.0 Å². The van der Waals surface area contributed by atoms with Crippen LogP contribution in [0.3, 0.4) is 0 Å².